The number of rotatable bonds is 5. The second-order valence-electron chi connectivity index (χ2n) is 4.57. The fourth-order valence-corrected chi connectivity index (χ4v) is 1.83. The van der Waals surface area contributed by atoms with Crippen molar-refractivity contribution in [2.75, 3.05) is 5.73 Å². The van der Waals surface area contributed by atoms with Crippen LogP contribution in [0.15, 0.2) is 24.3 Å². The van der Waals surface area contributed by atoms with Crippen LogP contribution in [0.4, 0.5) is 5.82 Å². The minimum absolute atomic E-state index is 0.0857. The van der Waals surface area contributed by atoms with Gasteiger partial charge in [0.1, 0.15) is 17.4 Å². The smallest absolute Gasteiger partial charge is 0.227 e. The molecule has 0 bridgehead atoms. The van der Waals surface area contributed by atoms with Crippen LogP contribution < -0.4 is 10.5 Å². The lowest BCUT2D eigenvalue weighted by Crippen LogP contribution is -2.05. The lowest BCUT2D eigenvalue weighted by atomic mass is 10.2. The second-order valence-corrected chi connectivity index (χ2v) is 4.57. The van der Waals surface area contributed by atoms with Crippen molar-refractivity contribution in [2.45, 2.75) is 33.3 Å². The van der Waals surface area contributed by atoms with E-state index in [2.05, 4.69) is 16.9 Å². The maximum atomic E-state index is 9.32. The minimum atomic E-state index is -0.0857. The molecule has 0 saturated carbocycles. The zero-order valence-electron chi connectivity index (χ0n) is 11.8. The van der Waals surface area contributed by atoms with E-state index in [0.29, 0.717) is 34.4 Å². The van der Waals surface area contributed by atoms with Crippen molar-refractivity contribution in [3.63, 3.8) is 0 Å². The zero-order valence-corrected chi connectivity index (χ0v) is 11.8. The summed E-state index contributed by atoms with van der Waals surface area (Å²) in [5.74, 6) is 2.13. The summed E-state index contributed by atoms with van der Waals surface area (Å²) in [6.45, 7) is 3.79. The molecular weight excluding hydrogens is 254 g/mol. The molecule has 1 aromatic heterocycles. The molecule has 2 aromatic rings. The zero-order chi connectivity index (χ0) is 14.5. The Morgan fingerprint density at radius 2 is 2.00 bits per heavy atom. The van der Waals surface area contributed by atoms with Crippen molar-refractivity contribution in [1.29, 1.82) is 0 Å². The lowest BCUT2D eigenvalue weighted by Gasteiger charge is -2.12. The summed E-state index contributed by atoms with van der Waals surface area (Å²) in [5.41, 5.74) is 7.31. The van der Waals surface area contributed by atoms with Crippen LogP contribution >= 0.6 is 0 Å². The quantitative estimate of drug-likeness (QED) is 0.875. The Morgan fingerprint density at radius 3 is 2.70 bits per heavy atom. The number of hydrogen-bond acceptors (Lipinski definition) is 5. The van der Waals surface area contributed by atoms with Crippen molar-refractivity contribution >= 4 is 5.82 Å². The van der Waals surface area contributed by atoms with Crippen LogP contribution in [0, 0.1) is 6.92 Å². The molecule has 0 fully saturated rings. The molecule has 5 nitrogen and oxygen atoms in total. The Bertz CT molecular complexity index is 600. The van der Waals surface area contributed by atoms with E-state index in [9.17, 15) is 5.11 Å². The third kappa shape index (κ3) is 3.05. The number of para-hydroxylation sites is 1. The van der Waals surface area contributed by atoms with Crippen LogP contribution in [0.25, 0.3) is 0 Å². The highest BCUT2D eigenvalue weighted by Crippen LogP contribution is 2.28. The van der Waals surface area contributed by atoms with Gasteiger partial charge < -0.3 is 15.6 Å². The van der Waals surface area contributed by atoms with Crippen LogP contribution in [0.2, 0.25) is 0 Å². The first-order chi connectivity index (χ1) is 9.65. The maximum absolute atomic E-state index is 9.32. The molecule has 0 radical (unpaired) electrons. The van der Waals surface area contributed by atoms with Gasteiger partial charge in [0.25, 0.3) is 0 Å². The number of anilines is 1. The number of aromatic nitrogens is 2. The normalized spacial score (nSPS) is 10.6. The molecule has 0 atom stereocenters. The number of hydrogen-bond donors (Lipinski definition) is 2. The molecule has 20 heavy (non-hydrogen) atoms. The topological polar surface area (TPSA) is 81.3 Å². The van der Waals surface area contributed by atoms with Crippen molar-refractivity contribution < 1.29 is 9.84 Å². The molecular formula is C15H19N3O2. The number of nitrogens with zero attached hydrogens (tertiary/aromatic N) is 2. The second kappa shape index (κ2) is 6.34. The van der Waals surface area contributed by atoms with Gasteiger partial charge in [-0.2, -0.15) is 4.98 Å². The lowest BCUT2D eigenvalue weighted by molar-refractivity contribution is 0.276. The van der Waals surface area contributed by atoms with Crippen molar-refractivity contribution in [2.24, 2.45) is 0 Å². The Morgan fingerprint density at radius 1 is 1.25 bits per heavy atom. The first-order valence-corrected chi connectivity index (χ1v) is 6.65. The first-order valence-electron chi connectivity index (χ1n) is 6.65. The van der Waals surface area contributed by atoms with Gasteiger partial charge >= 0.3 is 0 Å². The van der Waals surface area contributed by atoms with Gasteiger partial charge in [-0.05, 0) is 19.4 Å². The predicted molar refractivity (Wildman–Crippen MR) is 77.6 cm³/mol. The minimum Gasteiger partial charge on any atom is -0.438 e. The molecule has 0 spiro atoms. The molecule has 5 heteroatoms. The van der Waals surface area contributed by atoms with E-state index in [1.807, 2.05) is 25.1 Å². The van der Waals surface area contributed by atoms with Crippen molar-refractivity contribution in [3.05, 3.63) is 41.2 Å². The first kappa shape index (κ1) is 14.3. The van der Waals surface area contributed by atoms with Gasteiger partial charge in [0, 0.05) is 12.0 Å². The average molecular weight is 273 g/mol. The fourth-order valence-electron chi connectivity index (χ4n) is 1.83. The van der Waals surface area contributed by atoms with Gasteiger partial charge in [0.05, 0.1) is 12.2 Å². The number of nitrogens with two attached hydrogens (primary N) is 1. The number of aliphatic hydroxyl groups excluding tert-OH is 1. The molecule has 0 saturated heterocycles. The van der Waals surface area contributed by atoms with Crippen LogP contribution in [-0.4, -0.2) is 15.1 Å². The largest absolute Gasteiger partial charge is 0.438 e. The molecule has 1 aromatic carbocycles. The van der Waals surface area contributed by atoms with E-state index in [1.54, 1.807) is 6.07 Å². The van der Waals surface area contributed by atoms with Crippen LogP contribution in [-0.2, 0) is 13.0 Å². The predicted octanol–water partition coefficient (Wildman–Crippen LogP) is 2.60. The molecule has 3 N–H and O–H groups in total. The maximum Gasteiger partial charge on any atom is 0.227 e. The highest BCUT2D eigenvalue weighted by Gasteiger charge is 2.12. The number of aryl methyl sites for hydroxylation is 1. The number of ether oxygens (including phenoxy) is 1. The molecule has 0 aliphatic heterocycles. The summed E-state index contributed by atoms with van der Waals surface area (Å²) >= 11 is 0. The van der Waals surface area contributed by atoms with E-state index in [4.69, 9.17) is 10.5 Å². The molecule has 1 heterocycles. The Labute approximate surface area is 118 Å². The highest BCUT2D eigenvalue weighted by atomic mass is 16.5. The highest BCUT2D eigenvalue weighted by molar-refractivity contribution is 5.46. The summed E-state index contributed by atoms with van der Waals surface area (Å²) in [7, 11) is 0. The average Bonchev–Trinajstić information content (AvgIpc) is 2.45. The van der Waals surface area contributed by atoms with Gasteiger partial charge in [-0.3, -0.25) is 0 Å². The number of benzene rings is 1. The Kier molecular flexibility index (Phi) is 4.53. The Hall–Kier alpha value is -2.14. The summed E-state index contributed by atoms with van der Waals surface area (Å²) in [6.07, 6.45) is 1.69. The van der Waals surface area contributed by atoms with E-state index in [0.717, 1.165) is 12.8 Å². The van der Waals surface area contributed by atoms with E-state index in [-0.39, 0.29) is 6.61 Å². The molecule has 2 rings (SSSR count). The number of aliphatic hydroxyl groups is 1. The molecule has 0 aliphatic carbocycles. The molecule has 106 valence electrons. The summed E-state index contributed by atoms with van der Waals surface area (Å²) in [4.78, 5) is 8.64. The summed E-state index contributed by atoms with van der Waals surface area (Å²) in [6, 6.07) is 7.30. The molecule has 0 aliphatic rings. The molecule has 0 amide bonds. The summed E-state index contributed by atoms with van der Waals surface area (Å²) in [5, 5.41) is 9.32. The third-order valence-electron chi connectivity index (χ3n) is 3.01. The van der Waals surface area contributed by atoms with Crippen molar-refractivity contribution in [1.82, 2.24) is 9.97 Å². The van der Waals surface area contributed by atoms with Crippen molar-refractivity contribution in [3.8, 4) is 11.6 Å². The van der Waals surface area contributed by atoms with Crippen LogP contribution in [0.3, 0.4) is 0 Å². The van der Waals surface area contributed by atoms with Gasteiger partial charge in [-0.15, -0.1) is 0 Å². The Balaban J connectivity index is 2.37. The van der Waals surface area contributed by atoms with Crippen LogP contribution in [0.1, 0.15) is 30.3 Å². The van der Waals surface area contributed by atoms with Gasteiger partial charge in [0.2, 0.25) is 5.88 Å². The third-order valence-corrected chi connectivity index (χ3v) is 3.01. The standard InChI is InChI=1S/C15H19N3O2/c1-3-6-13-17-14(16)10(2)15(18-13)20-12-8-5-4-7-11(12)9-19/h4-5,7-8,19H,3,6,9H2,1-2H3,(H2,16,17,18). The van der Waals surface area contributed by atoms with Crippen LogP contribution in [0.5, 0.6) is 11.6 Å². The van der Waals surface area contributed by atoms with Gasteiger partial charge in [-0.1, -0.05) is 25.1 Å². The van der Waals surface area contributed by atoms with Gasteiger partial charge in [0.15, 0.2) is 0 Å². The van der Waals surface area contributed by atoms with E-state index in [1.165, 1.54) is 0 Å². The monoisotopic (exact) mass is 273 g/mol. The van der Waals surface area contributed by atoms with Gasteiger partial charge in [-0.25, -0.2) is 4.98 Å². The molecule has 0 unspecified atom stereocenters. The fraction of sp³-hybridized carbons (Fsp3) is 0.333. The summed E-state index contributed by atoms with van der Waals surface area (Å²) < 4.78 is 5.81. The SMILES string of the molecule is CCCc1nc(N)c(C)c(Oc2ccccc2CO)n1. The number of nitrogen functional groups attached to an aromatic ring is 1. The van der Waals surface area contributed by atoms with E-state index < -0.39 is 0 Å². The van der Waals surface area contributed by atoms with E-state index >= 15 is 0 Å².